The molecule has 0 saturated heterocycles. The van der Waals surface area contributed by atoms with Gasteiger partial charge in [0.2, 0.25) is 0 Å². The fourth-order valence-corrected chi connectivity index (χ4v) is 11.4. The highest BCUT2D eigenvalue weighted by molar-refractivity contribution is 7.26. The van der Waals surface area contributed by atoms with E-state index >= 15 is 0 Å². The normalized spacial score (nSPS) is 12.7. The molecule has 298 valence electrons. The quantitative estimate of drug-likeness (QED) is 0.155. The second kappa shape index (κ2) is 14.8. The zero-order valence-electron chi connectivity index (χ0n) is 35.2. The molecule has 2 heteroatoms. The molecule has 0 N–H and O–H groups in total. The summed E-state index contributed by atoms with van der Waals surface area (Å²) in [7, 11) is 0. The summed E-state index contributed by atoms with van der Waals surface area (Å²) in [6.07, 6.45) is 0. The van der Waals surface area contributed by atoms with Crippen LogP contribution < -0.4 is 4.90 Å². The van der Waals surface area contributed by atoms with Crippen LogP contribution in [0.25, 0.3) is 86.6 Å². The van der Waals surface area contributed by atoms with E-state index in [-0.39, 0.29) is 5.41 Å². The Morgan fingerprint density at radius 2 is 0.810 bits per heavy atom. The summed E-state index contributed by atoms with van der Waals surface area (Å²) in [5.74, 6) is 0. The van der Waals surface area contributed by atoms with Gasteiger partial charge in [0.15, 0.2) is 0 Å². The topological polar surface area (TPSA) is 3.24 Å². The van der Waals surface area contributed by atoms with Gasteiger partial charge >= 0.3 is 0 Å². The van der Waals surface area contributed by atoms with Crippen LogP contribution in [0.15, 0.2) is 224 Å². The summed E-state index contributed by atoms with van der Waals surface area (Å²) >= 11 is 1.90. The van der Waals surface area contributed by atoms with Gasteiger partial charge in [0.05, 0.1) is 0 Å². The van der Waals surface area contributed by atoms with Crippen LogP contribution in [0.3, 0.4) is 0 Å². The van der Waals surface area contributed by atoms with Crippen LogP contribution in [0.2, 0.25) is 0 Å². The minimum Gasteiger partial charge on any atom is -0.310 e. The summed E-state index contributed by atoms with van der Waals surface area (Å²) in [6.45, 7) is 4.71. The Kier molecular flexibility index (Phi) is 8.77. The van der Waals surface area contributed by atoms with Crippen LogP contribution in [-0.2, 0) is 5.41 Å². The first-order valence-electron chi connectivity index (χ1n) is 21.8. The molecule has 11 aromatic rings. The third-order valence-corrected chi connectivity index (χ3v) is 14.5. The van der Waals surface area contributed by atoms with Gasteiger partial charge in [-0.3, -0.25) is 0 Å². The Morgan fingerprint density at radius 1 is 0.349 bits per heavy atom. The maximum absolute atomic E-state index is 2.41. The van der Waals surface area contributed by atoms with Gasteiger partial charge in [-0.05, 0) is 115 Å². The molecule has 0 spiro atoms. The fraction of sp³-hybridized carbons (Fsp3) is 0.0492. The van der Waals surface area contributed by atoms with Gasteiger partial charge in [-0.15, -0.1) is 11.3 Å². The van der Waals surface area contributed by atoms with Crippen LogP contribution in [0.4, 0.5) is 17.1 Å². The number of rotatable bonds is 7. The smallest absolute Gasteiger partial charge is 0.0465 e. The van der Waals surface area contributed by atoms with Crippen molar-refractivity contribution >= 4 is 59.3 Å². The summed E-state index contributed by atoms with van der Waals surface area (Å²) < 4.78 is 2.66. The van der Waals surface area contributed by atoms with Gasteiger partial charge in [0.1, 0.15) is 0 Å². The largest absolute Gasteiger partial charge is 0.310 e. The van der Waals surface area contributed by atoms with Crippen molar-refractivity contribution in [1.82, 2.24) is 0 Å². The molecule has 0 amide bonds. The van der Waals surface area contributed by atoms with Crippen molar-refractivity contribution in [3.8, 4) is 55.6 Å². The molecule has 0 fully saturated rings. The van der Waals surface area contributed by atoms with Crippen molar-refractivity contribution in [1.29, 1.82) is 0 Å². The average Bonchev–Trinajstić information content (AvgIpc) is 3.84. The van der Waals surface area contributed by atoms with Crippen molar-refractivity contribution in [2.45, 2.75) is 19.3 Å². The summed E-state index contributed by atoms with van der Waals surface area (Å²) in [5.41, 5.74) is 18.5. The predicted octanol–water partition coefficient (Wildman–Crippen LogP) is 17.7. The molecule has 1 heterocycles. The second-order valence-corrected chi connectivity index (χ2v) is 18.3. The highest BCUT2D eigenvalue weighted by Gasteiger charge is 2.35. The van der Waals surface area contributed by atoms with Gasteiger partial charge in [0.25, 0.3) is 0 Å². The molecule has 0 bridgehead atoms. The molecule has 1 aromatic heterocycles. The number of hydrogen-bond donors (Lipinski definition) is 0. The van der Waals surface area contributed by atoms with E-state index in [4.69, 9.17) is 0 Å². The van der Waals surface area contributed by atoms with Gasteiger partial charge in [-0.25, -0.2) is 0 Å². The average molecular weight is 822 g/mol. The predicted molar refractivity (Wildman–Crippen MR) is 271 cm³/mol. The Bertz CT molecular complexity index is 3490. The van der Waals surface area contributed by atoms with Crippen molar-refractivity contribution in [2.24, 2.45) is 0 Å². The fourth-order valence-electron chi connectivity index (χ4n) is 10.2. The number of hydrogen-bond acceptors (Lipinski definition) is 2. The first-order chi connectivity index (χ1) is 31.0. The zero-order valence-corrected chi connectivity index (χ0v) is 36.0. The number of thiophene rings is 1. The van der Waals surface area contributed by atoms with Gasteiger partial charge in [0, 0.05) is 48.0 Å². The molecular formula is C61H43NS. The number of anilines is 3. The van der Waals surface area contributed by atoms with E-state index in [0.29, 0.717) is 0 Å². The Labute approximate surface area is 372 Å². The van der Waals surface area contributed by atoms with Crippen molar-refractivity contribution in [3.63, 3.8) is 0 Å². The van der Waals surface area contributed by atoms with Crippen molar-refractivity contribution < 1.29 is 0 Å². The summed E-state index contributed by atoms with van der Waals surface area (Å²) in [5, 5.41) is 5.24. The van der Waals surface area contributed by atoms with Gasteiger partial charge < -0.3 is 4.90 Å². The van der Waals surface area contributed by atoms with Crippen LogP contribution >= 0.6 is 11.3 Å². The monoisotopic (exact) mass is 821 g/mol. The molecule has 1 aliphatic carbocycles. The SMILES string of the molecule is CC1(C)c2ccccc2-c2ccc(N(c3ccc(-c4ccccc4)cc3)c3ccc(-c4ccc(-c5c(-c6ccccc6)c6ccccc6c6sc7ccccc7c56)cc4)cc3)cc21. The Balaban J connectivity index is 0.954. The van der Waals surface area contributed by atoms with Crippen LogP contribution in [0, 0.1) is 0 Å². The minimum absolute atomic E-state index is 0.0994. The highest BCUT2D eigenvalue weighted by Crippen LogP contribution is 2.52. The molecule has 0 unspecified atom stereocenters. The molecule has 12 rings (SSSR count). The van der Waals surface area contributed by atoms with E-state index in [1.54, 1.807) is 0 Å². The first kappa shape index (κ1) is 37.3. The Morgan fingerprint density at radius 3 is 1.48 bits per heavy atom. The van der Waals surface area contributed by atoms with Crippen LogP contribution in [0.5, 0.6) is 0 Å². The lowest BCUT2D eigenvalue weighted by Crippen LogP contribution is -2.16. The van der Waals surface area contributed by atoms with Crippen LogP contribution in [-0.4, -0.2) is 0 Å². The van der Waals surface area contributed by atoms with E-state index in [2.05, 4.69) is 243 Å². The van der Waals surface area contributed by atoms with E-state index < -0.39 is 0 Å². The summed E-state index contributed by atoms with van der Waals surface area (Å²) in [4.78, 5) is 2.41. The van der Waals surface area contributed by atoms with Crippen molar-refractivity contribution in [2.75, 3.05) is 4.90 Å². The van der Waals surface area contributed by atoms with E-state index in [1.807, 2.05) is 11.3 Å². The molecule has 63 heavy (non-hydrogen) atoms. The molecule has 10 aromatic carbocycles. The Hall–Kier alpha value is -7.52. The second-order valence-electron chi connectivity index (χ2n) is 17.2. The summed E-state index contributed by atoms with van der Waals surface area (Å²) in [6, 6.07) is 82.6. The van der Waals surface area contributed by atoms with E-state index in [1.165, 1.54) is 97.7 Å². The molecule has 0 radical (unpaired) electrons. The van der Waals surface area contributed by atoms with Gasteiger partial charge in [-0.2, -0.15) is 0 Å². The molecule has 0 aliphatic heterocycles. The molecule has 1 aliphatic rings. The molecular weight excluding hydrogens is 779 g/mol. The standard InChI is InChI=1S/C61H43NS/c1-61(2)54-23-13-11-19-49(54)50-38-37-48(39-55(50)61)62(46-33-29-42(30-34-46)40-15-5-3-6-16-40)47-35-31-43(32-36-47)41-25-27-45(28-26-41)58-57(44-17-7-4-8-18-44)51-20-9-10-21-52(51)60-59(58)53-22-12-14-24-56(53)63-60/h3-39H,1-2H3. The lowest BCUT2D eigenvalue weighted by Gasteiger charge is -2.28. The third kappa shape index (κ3) is 6.13. The molecule has 0 atom stereocenters. The number of nitrogens with zero attached hydrogens (tertiary/aromatic N) is 1. The van der Waals surface area contributed by atoms with E-state index in [9.17, 15) is 0 Å². The zero-order chi connectivity index (χ0) is 42.1. The van der Waals surface area contributed by atoms with Crippen LogP contribution in [0.1, 0.15) is 25.0 Å². The van der Waals surface area contributed by atoms with E-state index in [0.717, 1.165) is 17.1 Å². The van der Waals surface area contributed by atoms with Gasteiger partial charge in [-0.1, -0.05) is 196 Å². The highest BCUT2D eigenvalue weighted by atomic mass is 32.1. The number of benzene rings is 10. The maximum Gasteiger partial charge on any atom is 0.0465 e. The van der Waals surface area contributed by atoms with Crippen molar-refractivity contribution in [3.05, 3.63) is 236 Å². The minimum atomic E-state index is -0.0994. The molecule has 0 saturated carbocycles. The first-order valence-corrected chi connectivity index (χ1v) is 22.7. The lowest BCUT2D eigenvalue weighted by molar-refractivity contribution is 0.660. The lowest BCUT2D eigenvalue weighted by atomic mass is 9.82. The molecule has 1 nitrogen and oxygen atoms in total. The number of fused-ring (bicyclic) bond motifs is 8. The third-order valence-electron chi connectivity index (χ3n) is 13.3. The maximum atomic E-state index is 2.41.